The van der Waals surface area contributed by atoms with Gasteiger partial charge >= 0.3 is 11.9 Å². The van der Waals surface area contributed by atoms with Crippen LogP contribution in [0.1, 0.15) is 129 Å². The van der Waals surface area contributed by atoms with Gasteiger partial charge in [-0.15, -0.1) is 0 Å². The quantitative estimate of drug-likeness (QED) is 0.205. The summed E-state index contributed by atoms with van der Waals surface area (Å²) >= 11 is 0. The second kappa shape index (κ2) is 19.7. The summed E-state index contributed by atoms with van der Waals surface area (Å²) in [4.78, 5) is 21.3. The van der Waals surface area contributed by atoms with E-state index in [-0.39, 0.29) is 6.42 Å². The van der Waals surface area contributed by atoms with Crippen LogP contribution in [0, 0.1) is 5.92 Å². The molecule has 1 atom stereocenters. The van der Waals surface area contributed by atoms with Gasteiger partial charge in [0.25, 0.3) is 0 Å². The fraction of sp³-hybridized carbons (Fsp3) is 0.913. The normalized spacial score (nSPS) is 12.2. The first-order valence-corrected chi connectivity index (χ1v) is 11.5. The van der Waals surface area contributed by atoms with Crippen molar-refractivity contribution >= 4 is 11.9 Å². The van der Waals surface area contributed by atoms with E-state index in [0.717, 1.165) is 32.1 Å². The highest BCUT2D eigenvalue weighted by Gasteiger charge is 2.10. The molecule has 0 aromatic rings. The third kappa shape index (κ3) is 21.1. The molecule has 0 saturated heterocycles. The second-order valence-electron chi connectivity index (χ2n) is 8.12. The van der Waals surface area contributed by atoms with E-state index in [1.807, 2.05) is 0 Å². The van der Waals surface area contributed by atoms with Crippen molar-refractivity contribution in [2.24, 2.45) is 5.92 Å². The van der Waals surface area contributed by atoms with Crippen LogP contribution in [0.15, 0.2) is 0 Å². The molecule has 4 heteroatoms. The van der Waals surface area contributed by atoms with Crippen LogP contribution in [0.2, 0.25) is 0 Å². The first-order valence-electron chi connectivity index (χ1n) is 11.5. The zero-order valence-electron chi connectivity index (χ0n) is 17.7. The molecule has 0 aliphatic carbocycles. The minimum atomic E-state index is -0.696. The van der Waals surface area contributed by atoms with Crippen LogP contribution in [0.5, 0.6) is 0 Å². The Labute approximate surface area is 167 Å². The van der Waals surface area contributed by atoms with Gasteiger partial charge in [0.1, 0.15) is 0 Å². The van der Waals surface area contributed by atoms with Gasteiger partial charge in [0.05, 0.1) is 0 Å². The lowest BCUT2D eigenvalue weighted by Crippen LogP contribution is -2.03. The third-order valence-electron chi connectivity index (χ3n) is 5.47. The van der Waals surface area contributed by atoms with Crippen molar-refractivity contribution in [3.63, 3.8) is 0 Å². The molecule has 0 bridgehead atoms. The Morgan fingerprint density at radius 2 is 0.926 bits per heavy atom. The highest BCUT2D eigenvalue weighted by molar-refractivity contribution is 5.66. The van der Waals surface area contributed by atoms with Gasteiger partial charge in [-0.25, -0.2) is 0 Å². The van der Waals surface area contributed by atoms with Crippen molar-refractivity contribution in [1.82, 2.24) is 0 Å². The van der Waals surface area contributed by atoms with Crippen LogP contribution in [0.4, 0.5) is 0 Å². The largest absolute Gasteiger partial charge is 0.481 e. The van der Waals surface area contributed by atoms with Crippen molar-refractivity contribution in [2.45, 2.75) is 129 Å². The van der Waals surface area contributed by atoms with Crippen LogP contribution in [0.25, 0.3) is 0 Å². The number of hydrogen-bond acceptors (Lipinski definition) is 2. The van der Waals surface area contributed by atoms with Gasteiger partial charge in [-0.1, -0.05) is 96.8 Å². The summed E-state index contributed by atoms with van der Waals surface area (Å²) in [6.45, 7) is 2.25. The molecule has 4 nitrogen and oxygen atoms in total. The van der Waals surface area contributed by atoms with Crippen molar-refractivity contribution in [2.75, 3.05) is 0 Å². The molecule has 0 rings (SSSR count). The Hall–Kier alpha value is -1.06. The molecule has 0 amide bonds. The molecule has 0 fully saturated rings. The second-order valence-corrected chi connectivity index (χ2v) is 8.12. The molecule has 0 aliphatic heterocycles. The zero-order chi connectivity index (χ0) is 20.2. The number of carboxylic acids is 2. The van der Waals surface area contributed by atoms with Gasteiger partial charge in [-0.2, -0.15) is 0 Å². The third-order valence-corrected chi connectivity index (χ3v) is 5.47. The standard InChI is InChI=1S/C23H44O4/c1-2-3-4-5-6-7-9-12-16-21(18-15-20-23(26)27)17-13-10-8-11-14-19-22(24)25/h21H,2-20H2,1H3,(H,24,25)(H,26,27). The lowest BCUT2D eigenvalue weighted by Gasteiger charge is -2.16. The monoisotopic (exact) mass is 384 g/mol. The number of carboxylic acid groups (broad SMARTS) is 2. The Kier molecular flexibility index (Phi) is 18.9. The van der Waals surface area contributed by atoms with Crippen LogP contribution in [0.3, 0.4) is 0 Å². The summed E-state index contributed by atoms with van der Waals surface area (Å²) in [5.41, 5.74) is 0. The Morgan fingerprint density at radius 3 is 1.41 bits per heavy atom. The number of rotatable bonds is 21. The van der Waals surface area contributed by atoms with Crippen LogP contribution >= 0.6 is 0 Å². The molecule has 0 heterocycles. The van der Waals surface area contributed by atoms with Crippen molar-refractivity contribution < 1.29 is 19.8 Å². The summed E-state index contributed by atoms with van der Waals surface area (Å²) < 4.78 is 0. The highest BCUT2D eigenvalue weighted by atomic mass is 16.4. The van der Waals surface area contributed by atoms with Gasteiger partial charge in [0.2, 0.25) is 0 Å². The van der Waals surface area contributed by atoms with E-state index in [2.05, 4.69) is 6.92 Å². The number of unbranched alkanes of at least 4 members (excludes halogenated alkanes) is 11. The van der Waals surface area contributed by atoms with E-state index in [9.17, 15) is 9.59 Å². The molecule has 2 N–H and O–H groups in total. The smallest absolute Gasteiger partial charge is 0.303 e. The van der Waals surface area contributed by atoms with Crippen LogP contribution in [-0.2, 0) is 9.59 Å². The summed E-state index contributed by atoms with van der Waals surface area (Å²) in [6.07, 6.45) is 20.9. The summed E-state index contributed by atoms with van der Waals surface area (Å²) in [7, 11) is 0. The molecule has 0 radical (unpaired) electrons. The zero-order valence-corrected chi connectivity index (χ0v) is 17.7. The van der Waals surface area contributed by atoms with Crippen LogP contribution < -0.4 is 0 Å². The Bertz CT molecular complexity index is 354. The van der Waals surface area contributed by atoms with E-state index in [1.54, 1.807) is 0 Å². The summed E-state index contributed by atoms with van der Waals surface area (Å²) in [6, 6.07) is 0. The van der Waals surface area contributed by atoms with Crippen molar-refractivity contribution in [3.05, 3.63) is 0 Å². The number of carbonyl (C=O) groups is 2. The van der Waals surface area contributed by atoms with Crippen molar-refractivity contribution in [3.8, 4) is 0 Å². The minimum Gasteiger partial charge on any atom is -0.481 e. The Balaban J connectivity index is 3.79. The summed E-state index contributed by atoms with van der Waals surface area (Å²) in [5, 5.41) is 17.5. The number of aliphatic carboxylic acids is 2. The molecule has 0 aliphatic rings. The first-order chi connectivity index (χ1) is 13.1. The maximum atomic E-state index is 10.8. The van der Waals surface area contributed by atoms with Gasteiger partial charge in [-0.05, 0) is 25.2 Å². The topological polar surface area (TPSA) is 74.6 Å². The molecule has 27 heavy (non-hydrogen) atoms. The lowest BCUT2D eigenvalue weighted by atomic mass is 9.90. The van der Waals surface area contributed by atoms with E-state index in [0.29, 0.717) is 12.3 Å². The maximum absolute atomic E-state index is 10.8. The Morgan fingerprint density at radius 1 is 0.556 bits per heavy atom. The predicted molar refractivity (Wildman–Crippen MR) is 112 cm³/mol. The van der Waals surface area contributed by atoms with E-state index >= 15 is 0 Å². The molecule has 0 spiro atoms. The van der Waals surface area contributed by atoms with E-state index in [4.69, 9.17) is 10.2 Å². The van der Waals surface area contributed by atoms with Gasteiger partial charge in [-0.3, -0.25) is 9.59 Å². The maximum Gasteiger partial charge on any atom is 0.303 e. The predicted octanol–water partition coefficient (Wildman–Crippen LogP) is 7.20. The van der Waals surface area contributed by atoms with E-state index in [1.165, 1.54) is 77.0 Å². The molecular weight excluding hydrogens is 340 g/mol. The fourth-order valence-corrected chi connectivity index (χ4v) is 3.78. The van der Waals surface area contributed by atoms with Crippen LogP contribution in [-0.4, -0.2) is 22.2 Å². The highest BCUT2D eigenvalue weighted by Crippen LogP contribution is 2.24. The lowest BCUT2D eigenvalue weighted by molar-refractivity contribution is -0.138. The molecule has 0 saturated carbocycles. The number of hydrogen-bond donors (Lipinski definition) is 2. The first kappa shape index (κ1) is 25.9. The average Bonchev–Trinajstić information content (AvgIpc) is 2.62. The molecule has 1 unspecified atom stereocenters. The fourth-order valence-electron chi connectivity index (χ4n) is 3.78. The van der Waals surface area contributed by atoms with E-state index < -0.39 is 11.9 Å². The van der Waals surface area contributed by atoms with Gasteiger partial charge in [0, 0.05) is 12.8 Å². The van der Waals surface area contributed by atoms with Crippen molar-refractivity contribution in [1.29, 1.82) is 0 Å². The molecule has 0 aromatic carbocycles. The van der Waals surface area contributed by atoms with Gasteiger partial charge < -0.3 is 10.2 Å². The SMILES string of the molecule is CCCCCCCCCCC(CCCCCCCC(=O)O)CCCC(=O)O. The molecule has 0 aromatic heterocycles. The summed E-state index contributed by atoms with van der Waals surface area (Å²) in [5.74, 6) is -0.707. The van der Waals surface area contributed by atoms with Gasteiger partial charge in [0.15, 0.2) is 0 Å². The minimum absolute atomic E-state index is 0.288. The molecule has 160 valence electrons. The molecular formula is C23H44O4. The average molecular weight is 385 g/mol.